The normalized spacial score (nSPS) is 16.3. The molecule has 4 rings (SSSR count). The van der Waals surface area contributed by atoms with Crippen molar-refractivity contribution in [2.45, 2.75) is 32.4 Å². The zero-order chi connectivity index (χ0) is 21.8. The van der Waals surface area contributed by atoms with Gasteiger partial charge < -0.3 is 14.8 Å². The molecule has 9 nitrogen and oxygen atoms in total. The Morgan fingerprint density at radius 3 is 2.77 bits per heavy atom. The molecule has 2 aromatic heterocycles. The summed E-state index contributed by atoms with van der Waals surface area (Å²) >= 11 is 0. The van der Waals surface area contributed by atoms with E-state index >= 15 is 0 Å². The van der Waals surface area contributed by atoms with Crippen LogP contribution in [0.2, 0.25) is 0 Å². The second kappa shape index (κ2) is 9.02. The second-order valence-electron chi connectivity index (χ2n) is 7.67. The van der Waals surface area contributed by atoms with Crippen molar-refractivity contribution < 1.29 is 9.47 Å². The maximum absolute atomic E-state index is 8.82. The summed E-state index contributed by atoms with van der Waals surface area (Å²) in [5, 5.41) is 19.2. The Morgan fingerprint density at radius 1 is 1.23 bits per heavy atom. The van der Waals surface area contributed by atoms with Gasteiger partial charge in [-0.1, -0.05) is 0 Å². The van der Waals surface area contributed by atoms with Gasteiger partial charge in [0.1, 0.15) is 29.5 Å². The van der Waals surface area contributed by atoms with Crippen LogP contribution in [0.4, 0.5) is 11.6 Å². The van der Waals surface area contributed by atoms with Crippen LogP contribution in [0.25, 0.3) is 11.3 Å². The van der Waals surface area contributed by atoms with E-state index in [1.54, 1.807) is 7.11 Å². The van der Waals surface area contributed by atoms with Gasteiger partial charge in [0.15, 0.2) is 11.5 Å². The molecule has 0 unspecified atom stereocenters. The minimum Gasteiger partial charge on any atom is -0.496 e. The van der Waals surface area contributed by atoms with Gasteiger partial charge in [0.2, 0.25) is 0 Å². The molecule has 1 aromatic carbocycles. The van der Waals surface area contributed by atoms with Crippen LogP contribution in [0, 0.1) is 11.3 Å². The number of nitrogens with zero attached hydrogens (tertiary/aromatic N) is 5. The maximum Gasteiger partial charge on any atom is 0.158 e. The average Bonchev–Trinajstić information content (AvgIpc) is 3.44. The monoisotopic (exact) mass is 419 g/mol. The smallest absolute Gasteiger partial charge is 0.158 e. The first-order valence-electron chi connectivity index (χ1n) is 10.2. The first-order valence-corrected chi connectivity index (χ1v) is 10.2. The number of rotatable bonds is 7. The quantitative estimate of drug-likeness (QED) is 0.600. The first kappa shape index (κ1) is 20.6. The van der Waals surface area contributed by atoms with E-state index in [4.69, 9.17) is 14.7 Å². The molecule has 1 atom stereocenters. The van der Waals surface area contributed by atoms with Gasteiger partial charge in [0.25, 0.3) is 0 Å². The van der Waals surface area contributed by atoms with Crippen molar-refractivity contribution >= 4 is 11.6 Å². The third-order valence-electron chi connectivity index (χ3n) is 5.27. The van der Waals surface area contributed by atoms with Crippen molar-refractivity contribution in [1.82, 2.24) is 25.1 Å². The zero-order valence-electron chi connectivity index (χ0n) is 17.8. The molecule has 1 aliphatic heterocycles. The van der Waals surface area contributed by atoms with Crippen LogP contribution in [0.5, 0.6) is 11.5 Å². The average molecular weight is 419 g/mol. The van der Waals surface area contributed by atoms with E-state index in [0.29, 0.717) is 23.4 Å². The molecule has 3 aromatic rings. The lowest BCUT2D eigenvalue weighted by Gasteiger charge is -2.20. The van der Waals surface area contributed by atoms with Crippen LogP contribution in [0.3, 0.4) is 0 Å². The van der Waals surface area contributed by atoms with Crippen molar-refractivity contribution in [3.63, 3.8) is 0 Å². The second-order valence-corrected chi connectivity index (χ2v) is 7.67. The number of ether oxygens (including phenoxy) is 2. The Bertz CT molecular complexity index is 1070. The van der Waals surface area contributed by atoms with Crippen molar-refractivity contribution in [2.24, 2.45) is 0 Å². The summed E-state index contributed by atoms with van der Waals surface area (Å²) in [5.74, 6) is 2.57. The molecule has 0 bridgehead atoms. The Morgan fingerprint density at radius 2 is 2.10 bits per heavy atom. The number of methoxy groups -OCH3 is 1. The van der Waals surface area contributed by atoms with Crippen molar-refractivity contribution in [1.29, 1.82) is 5.26 Å². The van der Waals surface area contributed by atoms with Crippen LogP contribution in [-0.2, 0) is 0 Å². The highest BCUT2D eigenvalue weighted by atomic mass is 16.5. The number of benzene rings is 1. The molecule has 1 fully saturated rings. The SMILES string of the molecule is COc1cc(O[C@@H]2CCN(C(C)C)C2)ccc1-c1cc(Nc2cnc(C#N)cn2)n[nH]1. The van der Waals surface area contributed by atoms with Gasteiger partial charge in [-0.25, -0.2) is 9.97 Å². The molecule has 0 spiro atoms. The molecule has 2 N–H and O–H groups in total. The number of nitriles is 1. The lowest BCUT2D eigenvalue weighted by molar-refractivity contribution is 0.187. The Kier molecular flexibility index (Phi) is 6.00. The predicted octanol–water partition coefficient (Wildman–Crippen LogP) is 3.35. The lowest BCUT2D eigenvalue weighted by Crippen LogP contribution is -2.30. The summed E-state index contributed by atoms with van der Waals surface area (Å²) in [6.45, 7) is 6.42. The van der Waals surface area contributed by atoms with Gasteiger partial charge >= 0.3 is 0 Å². The van der Waals surface area contributed by atoms with Crippen molar-refractivity contribution in [3.05, 3.63) is 42.4 Å². The molecular formula is C22H25N7O2. The molecule has 1 aliphatic rings. The van der Waals surface area contributed by atoms with Crippen LogP contribution < -0.4 is 14.8 Å². The Balaban J connectivity index is 1.46. The van der Waals surface area contributed by atoms with Crippen LogP contribution in [0.15, 0.2) is 36.7 Å². The molecule has 3 heterocycles. The molecule has 0 amide bonds. The molecular weight excluding hydrogens is 394 g/mol. The Labute approximate surface area is 181 Å². The number of aromatic nitrogens is 4. The highest BCUT2D eigenvalue weighted by Crippen LogP contribution is 2.34. The highest BCUT2D eigenvalue weighted by molar-refractivity contribution is 5.71. The number of hydrogen-bond acceptors (Lipinski definition) is 8. The summed E-state index contributed by atoms with van der Waals surface area (Å²) in [6.07, 6.45) is 4.11. The lowest BCUT2D eigenvalue weighted by atomic mass is 10.1. The largest absolute Gasteiger partial charge is 0.496 e. The van der Waals surface area contributed by atoms with Crippen LogP contribution in [-0.4, -0.2) is 57.4 Å². The fourth-order valence-electron chi connectivity index (χ4n) is 3.58. The number of aromatic amines is 1. The third kappa shape index (κ3) is 4.75. The number of H-pyrrole nitrogens is 1. The van der Waals surface area contributed by atoms with Crippen molar-refractivity contribution in [2.75, 3.05) is 25.5 Å². The van der Waals surface area contributed by atoms with Crippen LogP contribution >= 0.6 is 0 Å². The minimum absolute atomic E-state index is 0.189. The van der Waals surface area contributed by atoms with Gasteiger partial charge in [0.05, 0.1) is 25.2 Å². The number of nitrogens with one attached hydrogen (secondary N) is 2. The summed E-state index contributed by atoms with van der Waals surface area (Å²) in [6, 6.07) is 10.2. The molecule has 0 aliphatic carbocycles. The molecule has 31 heavy (non-hydrogen) atoms. The van der Waals surface area contributed by atoms with E-state index < -0.39 is 0 Å². The molecule has 0 radical (unpaired) electrons. The number of likely N-dealkylation sites (tertiary alicyclic amines) is 1. The number of hydrogen-bond donors (Lipinski definition) is 2. The summed E-state index contributed by atoms with van der Waals surface area (Å²) in [7, 11) is 1.64. The topological polar surface area (TPSA) is 112 Å². The van der Waals surface area contributed by atoms with E-state index in [0.717, 1.165) is 36.5 Å². The van der Waals surface area contributed by atoms with E-state index in [9.17, 15) is 0 Å². The zero-order valence-corrected chi connectivity index (χ0v) is 17.8. The summed E-state index contributed by atoms with van der Waals surface area (Å²) in [5.41, 5.74) is 1.92. The van der Waals surface area contributed by atoms with E-state index in [2.05, 4.69) is 44.2 Å². The minimum atomic E-state index is 0.189. The molecule has 1 saturated heterocycles. The fraction of sp³-hybridized carbons (Fsp3) is 0.364. The predicted molar refractivity (Wildman–Crippen MR) is 116 cm³/mol. The fourth-order valence-corrected chi connectivity index (χ4v) is 3.58. The van der Waals surface area contributed by atoms with Gasteiger partial charge in [-0.2, -0.15) is 10.4 Å². The van der Waals surface area contributed by atoms with Crippen molar-refractivity contribution in [3.8, 4) is 28.8 Å². The van der Waals surface area contributed by atoms with Gasteiger partial charge in [-0.15, -0.1) is 0 Å². The Hall–Kier alpha value is -3.64. The molecule has 0 saturated carbocycles. The maximum atomic E-state index is 8.82. The number of anilines is 2. The van der Waals surface area contributed by atoms with Gasteiger partial charge in [0, 0.05) is 36.8 Å². The van der Waals surface area contributed by atoms with Gasteiger partial charge in [-0.05, 0) is 32.4 Å². The summed E-state index contributed by atoms with van der Waals surface area (Å²) in [4.78, 5) is 10.6. The van der Waals surface area contributed by atoms with E-state index in [-0.39, 0.29) is 11.8 Å². The third-order valence-corrected chi connectivity index (χ3v) is 5.27. The standard InChI is InChI=1S/C22H25N7O2/c1-14(2)29-7-6-17(13-29)31-16-4-5-18(20(8-16)30-3)19-9-21(28-27-19)26-22-12-24-15(10-23)11-25-22/h4-5,8-9,11-12,14,17H,6-7,13H2,1-3H3,(H2,25,26,27,28)/t17-/m1/s1. The molecule has 9 heteroatoms. The van der Waals surface area contributed by atoms with E-state index in [1.165, 1.54) is 12.4 Å². The molecule has 160 valence electrons. The first-order chi connectivity index (χ1) is 15.1. The highest BCUT2D eigenvalue weighted by Gasteiger charge is 2.25. The van der Waals surface area contributed by atoms with Crippen LogP contribution in [0.1, 0.15) is 26.0 Å². The summed E-state index contributed by atoms with van der Waals surface area (Å²) < 4.78 is 11.8. The van der Waals surface area contributed by atoms with Gasteiger partial charge in [-0.3, -0.25) is 10.00 Å². The van der Waals surface area contributed by atoms with E-state index in [1.807, 2.05) is 30.3 Å².